The Morgan fingerprint density at radius 2 is 1.47 bits per heavy atom. The Bertz CT molecular complexity index is 671. The van der Waals surface area contributed by atoms with E-state index in [1.54, 1.807) is 0 Å². The van der Waals surface area contributed by atoms with Gasteiger partial charge in [-0.3, -0.25) is 0 Å². The molecule has 96 valence electrons. The number of benzene rings is 2. The van der Waals surface area contributed by atoms with Crippen LogP contribution >= 0.6 is 0 Å². The van der Waals surface area contributed by atoms with Gasteiger partial charge in [-0.25, -0.2) is 0 Å². The molecule has 2 aliphatic carbocycles. The average molecular weight is 250 g/mol. The van der Waals surface area contributed by atoms with E-state index >= 15 is 0 Å². The number of hydrogen-bond acceptors (Lipinski definition) is 1. The molecule has 0 saturated carbocycles. The topological polar surface area (TPSA) is 20.2 Å². The van der Waals surface area contributed by atoms with Crippen molar-refractivity contribution in [2.75, 3.05) is 0 Å². The van der Waals surface area contributed by atoms with Crippen molar-refractivity contribution in [3.8, 4) is 0 Å². The summed E-state index contributed by atoms with van der Waals surface area (Å²) in [5, 5.41) is 11.1. The molecule has 0 aromatic heterocycles. The molecule has 0 heterocycles. The first kappa shape index (κ1) is 11.2. The third-order valence-electron chi connectivity index (χ3n) is 5.29. The predicted octanol–water partition coefficient (Wildman–Crippen LogP) is 3.70. The maximum Gasteiger partial charge on any atom is 0.0940 e. The molecule has 4 rings (SSSR count). The van der Waals surface area contributed by atoms with E-state index in [-0.39, 0.29) is 11.3 Å². The molecule has 2 aliphatic rings. The van der Waals surface area contributed by atoms with E-state index in [0.29, 0.717) is 0 Å². The van der Waals surface area contributed by atoms with Crippen molar-refractivity contribution in [3.63, 3.8) is 0 Å². The molecule has 0 fully saturated rings. The van der Waals surface area contributed by atoms with Crippen LogP contribution in [0.2, 0.25) is 0 Å². The Morgan fingerprint density at radius 1 is 0.895 bits per heavy atom. The molecule has 1 heteroatoms. The summed E-state index contributed by atoms with van der Waals surface area (Å²) in [4.78, 5) is 0. The van der Waals surface area contributed by atoms with Crippen molar-refractivity contribution in [3.05, 3.63) is 70.8 Å². The first-order valence-electron chi connectivity index (χ1n) is 6.97. The highest BCUT2D eigenvalue weighted by atomic mass is 16.3. The first-order chi connectivity index (χ1) is 9.05. The summed E-state index contributed by atoms with van der Waals surface area (Å²) in [6.45, 7) is 4.29. The zero-order chi connectivity index (χ0) is 13.3. The molecule has 0 aliphatic heterocycles. The van der Waals surface area contributed by atoms with Crippen molar-refractivity contribution in [2.45, 2.75) is 37.2 Å². The van der Waals surface area contributed by atoms with Crippen molar-refractivity contribution in [1.82, 2.24) is 0 Å². The van der Waals surface area contributed by atoms with E-state index in [4.69, 9.17) is 0 Å². The lowest BCUT2D eigenvalue weighted by Gasteiger charge is -2.41. The van der Waals surface area contributed by atoms with Crippen molar-refractivity contribution in [1.29, 1.82) is 0 Å². The lowest BCUT2D eigenvalue weighted by atomic mass is 9.65. The van der Waals surface area contributed by atoms with Gasteiger partial charge in [-0.1, -0.05) is 55.5 Å². The van der Waals surface area contributed by atoms with E-state index in [0.717, 1.165) is 12.0 Å². The Labute approximate surface area is 113 Å². The maximum absolute atomic E-state index is 11.1. The van der Waals surface area contributed by atoms with Crippen LogP contribution in [0.3, 0.4) is 0 Å². The van der Waals surface area contributed by atoms with Gasteiger partial charge >= 0.3 is 0 Å². The van der Waals surface area contributed by atoms with Gasteiger partial charge in [-0.2, -0.15) is 0 Å². The van der Waals surface area contributed by atoms with Gasteiger partial charge in [0.2, 0.25) is 0 Å². The molecule has 1 nitrogen and oxygen atoms in total. The quantitative estimate of drug-likeness (QED) is 0.756. The van der Waals surface area contributed by atoms with Crippen LogP contribution in [-0.4, -0.2) is 5.11 Å². The number of aliphatic hydroxyl groups is 1. The van der Waals surface area contributed by atoms with Crippen LogP contribution in [-0.2, 0) is 11.0 Å². The standard InChI is InChI=1S/C18H18O/c1-17-11-16(12-7-3-4-8-13(12)17)18(2,19)15-10-6-5-9-14(15)17/h3-10,16,19H,11H2,1-2H3/t16-,17-,18+/m1/s1. The third-order valence-corrected chi connectivity index (χ3v) is 5.29. The Kier molecular flexibility index (Phi) is 1.95. The van der Waals surface area contributed by atoms with Crippen molar-refractivity contribution >= 4 is 0 Å². The van der Waals surface area contributed by atoms with Gasteiger partial charge in [-0.15, -0.1) is 0 Å². The van der Waals surface area contributed by atoms with Crippen LogP contribution in [0.1, 0.15) is 48.4 Å². The van der Waals surface area contributed by atoms with Crippen LogP contribution in [0.15, 0.2) is 48.5 Å². The zero-order valence-corrected chi connectivity index (χ0v) is 11.4. The average Bonchev–Trinajstić information content (AvgIpc) is 2.72. The molecular formula is C18H18O. The smallest absolute Gasteiger partial charge is 0.0940 e. The van der Waals surface area contributed by atoms with E-state index < -0.39 is 5.60 Å². The van der Waals surface area contributed by atoms with E-state index in [2.05, 4.69) is 49.4 Å². The Balaban J connectivity index is 2.12. The van der Waals surface area contributed by atoms with E-state index in [9.17, 15) is 5.11 Å². The van der Waals surface area contributed by atoms with Gasteiger partial charge in [0.1, 0.15) is 0 Å². The lowest BCUT2D eigenvalue weighted by molar-refractivity contribution is 0.0137. The molecule has 0 saturated heterocycles. The maximum atomic E-state index is 11.1. The predicted molar refractivity (Wildman–Crippen MR) is 76.3 cm³/mol. The van der Waals surface area contributed by atoms with Gasteiger partial charge in [0.05, 0.1) is 5.60 Å². The van der Waals surface area contributed by atoms with E-state index in [1.165, 1.54) is 16.7 Å². The first-order valence-corrected chi connectivity index (χ1v) is 6.97. The van der Waals surface area contributed by atoms with Crippen molar-refractivity contribution in [2.24, 2.45) is 0 Å². The van der Waals surface area contributed by atoms with Crippen LogP contribution < -0.4 is 0 Å². The molecule has 2 aromatic carbocycles. The highest BCUT2D eigenvalue weighted by Gasteiger charge is 2.54. The minimum absolute atomic E-state index is 0.0556. The summed E-state index contributed by atoms with van der Waals surface area (Å²) in [5.74, 6) is 0.212. The van der Waals surface area contributed by atoms with Crippen LogP contribution in [0.25, 0.3) is 0 Å². The fourth-order valence-corrected chi connectivity index (χ4v) is 4.28. The minimum Gasteiger partial charge on any atom is -0.385 e. The zero-order valence-electron chi connectivity index (χ0n) is 11.4. The number of fused-ring (bicyclic) bond motifs is 7. The summed E-state index contributed by atoms with van der Waals surface area (Å²) < 4.78 is 0. The molecule has 1 N–H and O–H groups in total. The summed E-state index contributed by atoms with van der Waals surface area (Å²) in [6, 6.07) is 17.0. The SMILES string of the molecule is C[C@@]12C[C@H](c3ccccc31)[C@@](C)(O)c1ccccc12. The minimum atomic E-state index is -0.761. The summed E-state index contributed by atoms with van der Waals surface area (Å²) in [6.07, 6.45) is 1.01. The molecule has 2 aromatic rings. The molecule has 0 radical (unpaired) electrons. The van der Waals surface area contributed by atoms with E-state index in [1.807, 2.05) is 13.0 Å². The summed E-state index contributed by atoms with van der Waals surface area (Å²) >= 11 is 0. The normalized spacial score (nSPS) is 34.8. The fourth-order valence-electron chi connectivity index (χ4n) is 4.28. The van der Waals surface area contributed by atoms with Gasteiger partial charge < -0.3 is 5.11 Å². The third kappa shape index (κ3) is 1.19. The molecular weight excluding hydrogens is 232 g/mol. The molecule has 3 atom stereocenters. The Morgan fingerprint density at radius 3 is 2.21 bits per heavy atom. The van der Waals surface area contributed by atoms with Gasteiger partial charge in [0, 0.05) is 11.3 Å². The number of hydrogen-bond donors (Lipinski definition) is 1. The lowest BCUT2D eigenvalue weighted by Crippen LogP contribution is -2.38. The Hall–Kier alpha value is -1.60. The van der Waals surface area contributed by atoms with Crippen LogP contribution in [0, 0.1) is 0 Å². The van der Waals surface area contributed by atoms with Gasteiger partial charge in [-0.05, 0) is 35.6 Å². The largest absolute Gasteiger partial charge is 0.385 e. The van der Waals surface area contributed by atoms with Gasteiger partial charge in [0.15, 0.2) is 0 Å². The number of rotatable bonds is 0. The highest BCUT2D eigenvalue weighted by molar-refractivity contribution is 5.58. The summed E-state index contributed by atoms with van der Waals surface area (Å²) in [7, 11) is 0. The van der Waals surface area contributed by atoms with Crippen molar-refractivity contribution < 1.29 is 5.11 Å². The molecule has 19 heavy (non-hydrogen) atoms. The fraction of sp³-hybridized carbons (Fsp3) is 0.333. The molecule has 0 unspecified atom stereocenters. The summed E-state index contributed by atoms with van der Waals surface area (Å²) in [5.41, 5.74) is 4.41. The second-order valence-corrected chi connectivity index (χ2v) is 6.37. The van der Waals surface area contributed by atoms with Gasteiger partial charge in [0.25, 0.3) is 0 Å². The molecule has 0 amide bonds. The van der Waals surface area contributed by atoms with Crippen LogP contribution in [0.4, 0.5) is 0 Å². The monoisotopic (exact) mass is 250 g/mol. The molecule has 0 spiro atoms. The second kappa shape index (κ2) is 3.29. The van der Waals surface area contributed by atoms with Crippen LogP contribution in [0.5, 0.6) is 0 Å². The highest BCUT2D eigenvalue weighted by Crippen LogP contribution is 2.61. The second-order valence-electron chi connectivity index (χ2n) is 6.37. The molecule has 2 bridgehead atoms.